The Morgan fingerprint density at radius 3 is 2.79 bits per heavy atom. The van der Waals surface area contributed by atoms with Crippen LogP contribution in [0.1, 0.15) is 22.5 Å². The lowest BCUT2D eigenvalue weighted by Gasteiger charge is -2.14. The van der Waals surface area contributed by atoms with Gasteiger partial charge in [0.05, 0.1) is 10.6 Å². The minimum absolute atomic E-state index is 0.149. The zero-order valence-corrected chi connectivity index (χ0v) is 11.4. The number of methoxy groups -OCH3 is 1. The molecule has 1 atom stereocenters. The van der Waals surface area contributed by atoms with Gasteiger partial charge in [0, 0.05) is 32.0 Å². The first kappa shape index (κ1) is 15.4. The van der Waals surface area contributed by atoms with Crippen molar-refractivity contribution in [3.63, 3.8) is 0 Å². The highest BCUT2D eigenvalue weighted by Gasteiger charge is 2.21. The van der Waals surface area contributed by atoms with E-state index in [1.165, 1.54) is 13.3 Å². The number of nitrogens with zero attached hydrogens (tertiary/aromatic N) is 1. The number of pyridine rings is 1. The number of nitrogens with one attached hydrogen (secondary N) is 1. The van der Waals surface area contributed by atoms with Gasteiger partial charge >= 0.3 is 5.97 Å². The molecule has 7 heteroatoms. The lowest BCUT2D eigenvalue weighted by molar-refractivity contribution is -0.139. The molecule has 0 aromatic carbocycles. The number of halogens is 1. The molecule has 0 saturated carbocycles. The molecule has 1 heterocycles. The van der Waals surface area contributed by atoms with E-state index in [4.69, 9.17) is 21.4 Å². The van der Waals surface area contributed by atoms with Crippen molar-refractivity contribution in [1.82, 2.24) is 10.3 Å². The summed E-state index contributed by atoms with van der Waals surface area (Å²) in [6.07, 6.45) is 1.50. The van der Waals surface area contributed by atoms with Crippen LogP contribution in [-0.4, -0.2) is 41.7 Å². The third kappa shape index (κ3) is 4.50. The summed E-state index contributed by atoms with van der Waals surface area (Å²) in [5, 5.41) is 11.6. The highest BCUT2D eigenvalue weighted by molar-refractivity contribution is 6.33. The summed E-state index contributed by atoms with van der Waals surface area (Å²) in [7, 11) is 1.46. The fourth-order valence-corrected chi connectivity index (χ4v) is 1.72. The van der Waals surface area contributed by atoms with Crippen LogP contribution in [0.5, 0.6) is 0 Å². The van der Waals surface area contributed by atoms with Gasteiger partial charge in [-0.2, -0.15) is 0 Å². The van der Waals surface area contributed by atoms with Crippen molar-refractivity contribution in [3.8, 4) is 0 Å². The molecule has 0 radical (unpaired) electrons. The normalized spacial score (nSPS) is 11.9. The molecule has 6 nitrogen and oxygen atoms in total. The monoisotopic (exact) mass is 286 g/mol. The molecule has 1 aromatic rings. The molecular weight excluding hydrogens is 272 g/mol. The predicted octanol–water partition coefficient (Wildman–Crippen LogP) is 1.26. The Labute approximate surface area is 115 Å². The molecule has 1 amide bonds. The molecule has 0 aliphatic carbocycles. The fraction of sp³-hybridized carbons (Fsp3) is 0.417. The molecule has 0 aliphatic rings. The average molecular weight is 287 g/mol. The second kappa shape index (κ2) is 7.06. The highest BCUT2D eigenvalue weighted by Crippen LogP contribution is 2.15. The summed E-state index contributed by atoms with van der Waals surface area (Å²) in [6, 6.07) is 0.520. The van der Waals surface area contributed by atoms with E-state index in [-0.39, 0.29) is 23.6 Å². The van der Waals surface area contributed by atoms with Crippen LogP contribution in [0.2, 0.25) is 5.02 Å². The SMILES string of the molecule is COCCC(NC(=O)c1cnc(C)cc1Cl)C(=O)O. The van der Waals surface area contributed by atoms with Crippen LogP contribution < -0.4 is 5.32 Å². The molecule has 0 fully saturated rings. The van der Waals surface area contributed by atoms with Crippen LogP contribution in [0, 0.1) is 6.92 Å². The number of aliphatic carboxylic acids is 1. The molecule has 1 rings (SSSR count). The summed E-state index contributed by atoms with van der Waals surface area (Å²) in [5.74, 6) is -1.69. The Morgan fingerprint density at radius 2 is 2.26 bits per heavy atom. The largest absolute Gasteiger partial charge is 0.480 e. The number of carbonyl (C=O) groups is 2. The quantitative estimate of drug-likeness (QED) is 0.822. The minimum atomic E-state index is -1.12. The van der Waals surface area contributed by atoms with Gasteiger partial charge in [0.2, 0.25) is 0 Å². The topological polar surface area (TPSA) is 88.5 Å². The summed E-state index contributed by atoms with van der Waals surface area (Å²) in [5.41, 5.74) is 0.826. The van der Waals surface area contributed by atoms with Crippen molar-refractivity contribution < 1.29 is 19.4 Å². The Hall–Kier alpha value is -1.66. The van der Waals surface area contributed by atoms with Gasteiger partial charge in [-0.05, 0) is 13.0 Å². The van der Waals surface area contributed by atoms with E-state index >= 15 is 0 Å². The van der Waals surface area contributed by atoms with Gasteiger partial charge in [-0.3, -0.25) is 9.78 Å². The fourth-order valence-electron chi connectivity index (χ4n) is 1.42. The molecule has 0 spiro atoms. The third-order valence-electron chi connectivity index (χ3n) is 2.45. The summed E-state index contributed by atoms with van der Waals surface area (Å²) >= 11 is 5.92. The molecule has 0 aliphatic heterocycles. The number of hydrogen-bond acceptors (Lipinski definition) is 4. The maximum absolute atomic E-state index is 11.9. The van der Waals surface area contributed by atoms with Gasteiger partial charge in [-0.25, -0.2) is 4.79 Å². The maximum atomic E-state index is 11.9. The predicted molar refractivity (Wildman–Crippen MR) is 69.4 cm³/mol. The Morgan fingerprint density at radius 1 is 1.58 bits per heavy atom. The Kier molecular flexibility index (Phi) is 5.72. The number of aryl methyl sites for hydroxylation is 1. The first-order valence-electron chi connectivity index (χ1n) is 5.60. The number of amides is 1. The molecular formula is C12H15ClN2O4. The maximum Gasteiger partial charge on any atom is 0.326 e. The summed E-state index contributed by atoms with van der Waals surface area (Å²) < 4.78 is 4.80. The van der Waals surface area contributed by atoms with Gasteiger partial charge in [0.25, 0.3) is 5.91 Å². The number of ether oxygens (including phenoxy) is 1. The van der Waals surface area contributed by atoms with Crippen LogP contribution in [0.4, 0.5) is 0 Å². The minimum Gasteiger partial charge on any atom is -0.480 e. The van der Waals surface area contributed by atoms with Crippen molar-refractivity contribution in [2.24, 2.45) is 0 Å². The van der Waals surface area contributed by atoms with Gasteiger partial charge in [0.1, 0.15) is 6.04 Å². The lowest BCUT2D eigenvalue weighted by Crippen LogP contribution is -2.41. The van der Waals surface area contributed by atoms with E-state index < -0.39 is 17.9 Å². The average Bonchev–Trinajstić information content (AvgIpc) is 2.33. The van der Waals surface area contributed by atoms with E-state index in [1.807, 2.05) is 0 Å². The van der Waals surface area contributed by atoms with Crippen LogP contribution in [0.25, 0.3) is 0 Å². The molecule has 2 N–H and O–H groups in total. The number of carbonyl (C=O) groups excluding carboxylic acids is 1. The number of carboxylic acids is 1. The van der Waals surface area contributed by atoms with E-state index in [0.717, 1.165) is 0 Å². The molecule has 19 heavy (non-hydrogen) atoms. The van der Waals surface area contributed by atoms with Gasteiger partial charge in [-0.1, -0.05) is 11.6 Å². The van der Waals surface area contributed by atoms with Gasteiger partial charge in [0.15, 0.2) is 0 Å². The van der Waals surface area contributed by atoms with Gasteiger partial charge < -0.3 is 15.2 Å². The number of carboxylic acid groups (broad SMARTS) is 1. The smallest absolute Gasteiger partial charge is 0.326 e. The summed E-state index contributed by atoms with van der Waals surface area (Å²) in [4.78, 5) is 26.9. The number of rotatable bonds is 6. The van der Waals surface area contributed by atoms with Gasteiger partial charge in [-0.15, -0.1) is 0 Å². The Balaban J connectivity index is 2.78. The standard InChI is InChI=1S/C12H15ClN2O4/c1-7-5-9(13)8(6-14-7)11(16)15-10(12(17)18)3-4-19-2/h5-6,10H,3-4H2,1-2H3,(H,15,16)(H,17,18). The van der Waals surface area contributed by atoms with Crippen molar-refractivity contribution in [1.29, 1.82) is 0 Å². The van der Waals surface area contributed by atoms with Crippen molar-refractivity contribution >= 4 is 23.5 Å². The molecule has 0 saturated heterocycles. The van der Waals surface area contributed by atoms with Crippen LogP contribution in [0.3, 0.4) is 0 Å². The van der Waals surface area contributed by atoms with Crippen molar-refractivity contribution in [3.05, 3.63) is 28.5 Å². The summed E-state index contributed by atoms with van der Waals surface area (Å²) in [6.45, 7) is 1.98. The lowest BCUT2D eigenvalue weighted by atomic mass is 10.2. The zero-order chi connectivity index (χ0) is 14.4. The Bertz CT molecular complexity index is 479. The van der Waals surface area contributed by atoms with E-state index in [2.05, 4.69) is 10.3 Å². The van der Waals surface area contributed by atoms with Crippen molar-refractivity contribution in [2.45, 2.75) is 19.4 Å². The third-order valence-corrected chi connectivity index (χ3v) is 2.76. The molecule has 1 aromatic heterocycles. The second-order valence-corrected chi connectivity index (χ2v) is 4.36. The molecule has 1 unspecified atom stereocenters. The van der Waals surface area contributed by atoms with Crippen molar-refractivity contribution in [2.75, 3.05) is 13.7 Å². The van der Waals surface area contributed by atoms with E-state index in [1.54, 1.807) is 13.0 Å². The van der Waals surface area contributed by atoms with Crippen LogP contribution >= 0.6 is 11.6 Å². The van der Waals surface area contributed by atoms with E-state index in [9.17, 15) is 9.59 Å². The molecule has 104 valence electrons. The first-order chi connectivity index (χ1) is 8.95. The number of aromatic nitrogens is 1. The molecule has 0 bridgehead atoms. The van der Waals surface area contributed by atoms with Crippen LogP contribution in [0.15, 0.2) is 12.3 Å². The second-order valence-electron chi connectivity index (χ2n) is 3.95. The number of hydrogen-bond donors (Lipinski definition) is 2. The zero-order valence-electron chi connectivity index (χ0n) is 10.6. The van der Waals surface area contributed by atoms with Crippen LogP contribution in [-0.2, 0) is 9.53 Å². The van der Waals surface area contributed by atoms with E-state index in [0.29, 0.717) is 5.69 Å². The first-order valence-corrected chi connectivity index (χ1v) is 5.98. The highest BCUT2D eigenvalue weighted by atomic mass is 35.5.